The van der Waals surface area contributed by atoms with Crippen molar-refractivity contribution in [2.24, 2.45) is 5.73 Å². The molecular weight excluding hydrogens is 263 g/mol. The Morgan fingerprint density at radius 3 is 2.65 bits per heavy atom. The highest BCUT2D eigenvalue weighted by Gasteiger charge is 2.10. The van der Waals surface area contributed by atoms with Gasteiger partial charge in [-0.2, -0.15) is 0 Å². The number of hydrogen-bond acceptors (Lipinski definition) is 4. The maximum atomic E-state index is 11.0. The summed E-state index contributed by atoms with van der Waals surface area (Å²) < 4.78 is 0. The minimum absolute atomic E-state index is 0.103. The molecule has 7 heteroatoms. The van der Waals surface area contributed by atoms with Gasteiger partial charge in [0.2, 0.25) is 0 Å². The molecule has 2 N–H and O–H groups in total. The highest BCUT2D eigenvalue weighted by atomic mass is 35.5. The summed E-state index contributed by atoms with van der Waals surface area (Å²) in [5.41, 5.74) is 6.19. The number of hydrogen-bond donors (Lipinski definition) is 1. The zero-order valence-corrected chi connectivity index (χ0v) is 9.90. The van der Waals surface area contributed by atoms with E-state index in [-0.39, 0.29) is 10.8 Å². The van der Waals surface area contributed by atoms with Crippen molar-refractivity contribution in [1.29, 1.82) is 0 Å². The van der Waals surface area contributed by atoms with Crippen molar-refractivity contribution in [3.8, 4) is 11.3 Å². The Bertz CT molecular complexity index is 588. The summed E-state index contributed by atoms with van der Waals surface area (Å²) >= 11 is 11.7. The van der Waals surface area contributed by atoms with Gasteiger partial charge in [-0.15, -0.1) is 0 Å². The molecule has 2 aromatic rings. The molecule has 0 aromatic carbocycles. The third-order valence-electron chi connectivity index (χ3n) is 1.99. The van der Waals surface area contributed by atoms with E-state index in [4.69, 9.17) is 28.9 Å². The fourth-order valence-corrected chi connectivity index (χ4v) is 1.59. The monoisotopic (exact) mass is 268 g/mol. The maximum Gasteiger partial charge on any atom is 0.267 e. The van der Waals surface area contributed by atoms with Gasteiger partial charge < -0.3 is 5.73 Å². The Balaban J connectivity index is 2.58. The van der Waals surface area contributed by atoms with Crippen molar-refractivity contribution < 1.29 is 4.79 Å². The number of carbonyl (C=O) groups is 1. The Hall–Kier alpha value is -1.72. The highest BCUT2D eigenvalue weighted by molar-refractivity contribution is 6.33. The molecule has 2 aromatic heterocycles. The van der Waals surface area contributed by atoms with Crippen molar-refractivity contribution in [2.75, 3.05) is 0 Å². The molecule has 0 radical (unpaired) electrons. The number of nitrogens with zero attached hydrogens (tertiary/aromatic N) is 3. The van der Waals surface area contributed by atoms with Crippen molar-refractivity contribution in [3.05, 3.63) is 40.5 Å². The van der Waals surface area contributed by atoms with Gasteiger partial charge in [0.15, 0.2) is 0 Å². The summed E-state index contributed by atoms with van der Waals surface area (Å²) in [5.74, 6) is -0.641. The van der Waals surface area contributed by atoms with Crippen LogP contribution in [0.4, 0.5) is 0 Å². The fraction of sp³-hybridized carbons (Fsp3) is 0. The average Bonchev–Trinajstić information content (AvgIpc) is 2.29. The van der Waals surface area contributed by atoms with Gasteiger partial charge >= 0.3 is 0 Å². The third kappa shape index (κ3) is 2.51. The van der Waals surface area contributed by atoms with Gasteiger partial charge in [0.05, 0.1) is 23.1 Å². The lowest BCUT2D eigenvalue weighted by molar-refractivity contribution is 0.0995. The average molecular weight is 269 g/mol. The van der Waals surface area contributed by atoms with Gasteiger partial charge in [-0.1, -0.05) is 23.2 Å². The van der Waals surface area contributed by atoms with Gasteiger partial charge in [-0.25, -0.2) is 9.97 Å². The number of carbonyl (C=O) groups excluding carboxylic acids is 1. The molecule has 17 heavy (non-hydrogen) atoms. The number of primary amides is 1. The predicted octanol–water partition coefficient (Wildman–Crippen LogP) is 1.94. The van der Waals surface area contributed by atoms with E-state index in [1.807, 2.05) is 0 Å². The lowest BCUT2D eigenvalue weighted by atomic mass is 10.1. The van der Waals surface area contributed by atoms with Crippen LogP contribution in [0.5, 0.6) is 0 Å². The molecule has 5 nitrogen and oxygen atoms in total. The first-order valence-electron chi connectivity index (χ1n) is 4.51. The van der Waals surface area contributed by atoms with E-state index >= 15 is 0 Å². The minimum Gasteiger partial charge on any atom is -0.364 e. The Morgan fingerprint density at radius 2 is 2.00 bits per heavy atom. The predicted molar refractivity (Wildman–Crippen MR) is 63.8 cm³/mol. The standard InChI is InChI=1S/C10H6Cl2N4O/c11-6-2-15-7(10(13)17)1-5(6)8-3-14-4-9(12)16-8/h1-4H,(H2,13,17). The zero-order valence-electron chi connectivity index (χ0n) is 8.39. The van der Waals surface area contributed by atoms with Crippen LogP contribution < -0.4 is 5.73 Å². The topological polar surface area (TPSA) is 81.8 Å². The van der Waals surface area contributed by atoms with Crippen LogP contribution in [-0.2, 0) is 0 Å². The Morgan fingerprint density at radius 1 is 1.24 bits per heavy atom. The first-order chi connectivity index (χ1) is 8.08. The Kier molecular flexibility index (Phi) is 3.21. The minimum atomic E-state index is -0.641. The Labute approximate surface area is 107 Å². The molecule has 0 aliphatic rings. The van der Waals surface area contributed by atoms with Crippen LogP contribution in [0.2, 0.25) is 10.2 Å². The first kappa shape index (κ1) is 11.8. The molecule has 0 unspecified atom stereocenters. The summed E-state index contributed by atoms with van der Waals surface area (Å²) in [6, 6.07) is 1.45. The second kappa shape index (κ2) is 4.65. The molecule has 0 saturated heterocycles. The van der Waals surface area contributed by atoms with Crippen LogP contribution in [0.25, 0.3) is 11.3 Å². The van der Waals surface area contributed by atoms with Crippen LogP contribution in [-0.4, -0.2) is 20.9 Å². The first-order valence-corrected chi connectivity index (χ1v) is 5.27. The summed E-state index contributed by atoms with van der Waals surface area (Å²) in [5, 5.41) is 0.572. The van der Waals surface area contributed by atoms with Crippen molar-refractivity contribution in [3.63, 3.8) is 0 Å². The number of nitrogens with two attached hydrogens (primary N) is 1. The SMILES string of the molecule is NC(=O)c1cc(-c2cncc(Cl)n2)c(Cl)cn1. The van der Waals surface area contributed by atoms with E-state index in [0.717, 1.165) is 0 Å². The molecule has 0 bridgehead atoms. The molecule has 2 rings (SSSR count). The van der Waals surface area contributed by atoms with E-state index in [2.05, 4.69) is 15.0 Å². The smallest absolute Gasteiger partial charge is 0.267 e. The van der Waals surface area contributed by atoms with Crippen molar-refractivity contribution in [1.82, 2.24) is 15.0 Å². The van der Waals surface area contributed by atoms with E-state index in [1.165, 1.54) is 24.7 Å². The van der Waals surface area contributed by atoms with Crippen LogP contribution in [0, 0.1) is 0 Å². The second-order valence-corrected chi connectivity index (χ2v) is 3.94. The van der Waals surface area contributed by atoms with E-state index in [9.17, 15) is 4.79 Å². The fourth-order valence-electron chi connectivity index (χ4n) is 1.24. The van der Waals surface area contributed by atoms with Crippen LogP contribution in [0.3, 0.4) is 0 Å². The third-order valence-corrected chi connectivity index (χ3v) is 2.47. The van der Waals surface area contributed by atoms with Crippen molar-refractivity contribution >= 4 is 29.1 Å². The van der Waals surface area contributed by atoms with Crippen LogP contribution >= 0.6 is 23.2 Å². The van der Waals surface area contributed by atoms with Gasteiger partial charge in [-0.05, 0) is 6.07 Å². The lowest BCUT2D eigenvalue weighted by Crippen LogP contribution is -2.13. The van der Waals surface area contributed by atoms with Crippen LogP contribution in [0.15, 0.2) is 24.7 Å². The number of pyridine rings is 1. The largest absolute Gasteiger partial charge is 0.364 e. The van der Waals surface area contributed by atoms with E-state index in [1.54, 1.807) is 0 Å². The molecule has 0 spiro atoms. The highest BCUT2D eigenvalue weighted by Crippen LogP contribution is 2.26. The summed E-state index contributed by atoms with van der Waals surface area (Å²) in [7, 11) is 0. The van der Waals surface area contributed by atoms with Gasteiger partial charge in [0.25, 0.3) is 5.91 Å². The van der Waals surface area contributed by atoms with E-state index in [0.29, 0.717) is 16.3 Å². The maximum absolute atomic E-state index is 11.0. The number of halogens is 2. The molecule has 0 aliphatic heterocycles. The summed E-state index contributed by atoms with van der Waals surface area (Å²) in [6.07, 6.45) is 4.21. The van der Waals surface area contributed by atoms with Gasteiger partial charge in [-0.3, -0.25) is 9.78 Å². The summed E-state index contributed by atoms with van der Waals surface area (Å²) in [6.45, 7) is 0. The van der Waals surface area contributed by atoms with Crippen molar-refractivity contribution in [2.45, 2.75) is 0 Å². The second-order valence-electron chi connectivity index (χ2n) is 3.14. The molecule has 0 aliphatic carbocycles. The van der Waals surface area contributed by atoms with Gasteiger partial charge in [0, 0.05) is 11.8 Å². The lowest BCUT2D eigenvalue weighted by Gasteiger charge is -2.04. The van der Waals surface area contributed by atoms with Gasteiger partial charge in [0.1, 0.15) is 10.8 Å². The molecule has 0 fully saturated rings. The number of amides is 1. The molecule has 0 saturated carbocycles. The quantitative estimate of drug-likeness (QED) is 0.903. The molecule has 0 atom stereocenters. The summed E-state index contributed by atoms with van der Waals surface area (Å²) in [4.78, 5) is 22.7. The molecule has 1 amide bonds. The van der Waals surface area contributed by atoms with Crippen LogP contribution in [0.1, 0.15) is 10.5 Å². The number of aromatic nitrogens is 3. The van der Waals surface area contributed by atoms with E-state index < -0.39 is 5.91 Å². The molecule has 2 heterocycles. The molecule has 86 valence electrons. The zero-order chi connectivity index (χ0) is 12.4. The molecular formula is C10H6Cl2N4O. The normalized spacial score (nSPS) is 10.2. The number of rotatable bonds is 2.